The average Bonchev–Trinajstić information content (AvgIpc) is 2.37. The van der Waals surface area contributed by atoms with Crippen molar-refractivity contribution in [1.82, 2.24) is 5.32 Å². The Labute approximate surface area is 119 Å². The predicted molar refractivity (Wildman–Crippen MR) is 72.5 cm³/mol. The Hall–Kier alpha value is -2.07. The number of nitrogens with zero attached hydrogens (tertiary/aromatic N) is 1. The minimum absolute atomic E-state index is 0.135. The number of thioether (sulfide) groups is 1. The van der Waals surface area contributed by atoms with Crippen LogP contribution in [0.1, 0.15) is 18.1 Å². The first kappa shape index (κ1) is 16.0. The molecule has 0 radical (unpaired) electrons. The summed E-state index contributed by atoms with van der Waals surface area (Å²) in [6.45, 7) is 1.24. The number of hydrogen-bond donors (Lipinski definition) is 2. The molecule has 0 aliphatic heterocycles. The monoisotopic (exact) mass is 296 g/mol. The first-order valence-electron chi connectivity index (χ1n) is 5.70. The second kappa shape index (κ2) is 7.50. The van der Waals surface area contributed by atoms with Gasteiger partial charge < -0.3 is 10.4 Å². The predicted octanol–water partition coefficient (Wildman–Crippen LogP) is 1.52. The minimum Gasteiger partial charge on any atom is -0.480 e. The van der Waals surface area contributed by atoms with E-state index in [-0.39, 0.29) is 5.75 Å². The maximum absolute atomic E-state index is 13.1. The molecule has 1 aromatic carbocycles. The van der Waals surface area contributed by atoms with Crippen molar-refractivity contribution in [3.05, 3.63) is 35.1 Å². The van der Waals surface area contributed by atoms with E-state index in [1.807, 2.05) is 6.07 Å². The topological polar surface area (TPSA) is 90.2 Å². The molecule has 20 heavy (non-hydrogen) atoms. The zero-order valence-corrected chi connectivity index (χ0v) is 11.5. The molecule has 0 saturated heterocycles. The van der Waals surface area contributed by atoms with Gasteiger partial charge in [-0.05, 0) is 23.8 Å². The molecule has 7 heteroatoms. The van der Waals surface area contributed by atoms with Gasteiger partial charge >= 0.3 is 5.97 Å². The van der Waals surface area contributed by atoms with E-state index >= 15 is 0 Å². The summed E-state index contributed by atoms with van der Waals surface area (Å²) < 4.78 is 13.1. The highest BCUT2D eigenvalue weighted by molar-refractivity contribution is 7.98. The molecule has 1 atom stereocenters. The van der Waals surface area contributed by atoms with Crippen LogP contribution in [0.25, 0.3) is 0 Å². The zero-order valence-electron chi connectivity index (χ0n) is 10.7. The summed E-state index contributed by atoms with van der Waals surface area (Å²) in [7, 11) is 0. The van der Waals surface area contributed by atoms with Crippen LogP contribution in [0, 0.1) is 17.1 Å². The van der Waals surface area contributed by atoms with Crippen molar-refractivity contribution < 1.29 is 19.1 Å². The number of benzene rings is 1. The number of carboxylic acid groups (broad SMARTS) is 1. The van der Waals surface area contributed by atoms with Gasteiger partial charge in [-0.15, -0.1) is 0 Å². The van der Waals surface area contributed by atoms with E-state index in [1.54, 1.807) is 0 Å². The Kier molecular flexibility index (Phi) is 6.00. The van der Waals surface area contributed by atoms with Crippen LogP contribution in [-0.4, -0.2) is 28.8 Å². The Morgan fingerprint density at radius 2 is 2.25 bits per heavy atom. The summed E-state index contributed by atoms with van der Waals surface area (Å²) in [5, 5.41) is 20.1. The van der Waals surface area contributed by atoms with Crippen LogP contribution in [0.2, 0.25) is 0 Å². The van der Waals surface area contributed by atoms with Crippen molar-refractivity contribution in [2.24, 2.45) is 0 Å². The fraction of sp³-hybridized carbons (Fsp3) is 0.308. The molecule has 0 bridgehead atoms. The van der Waals surface area contributed by atoms with Crippen molar-refractivity contribution in [3.63, 3.8) is 0 Å². The SMILES string of the molecule is CC(=O)NC(CSCc1cc(F)ccc1C#N)C(=O)O. The van der Waals surface area contributed by atoms with Crippen LogP contribution >= 0.6 is 11.8 Å². The third kappa shape index (κ3) is 4.90. The van der Waals surface area contributed by atoms with Crippen molar-refractivity contribution >= 4 is 23.6 Å². The molecule has 0 aromatic heterocycles. The fourth-order valence-corrected chi connectivity index (χ4v) is 2.54. The van der Waals surface area contributed by atoms with Gasteiger partial charge in [0.05, 0.1) is 11.6 Å². The van der Waals surface area contributed by atoms with E-state index in [0.717, 1.165) is 0 Å². The molecule has 1 rings (SSSR count). The molecule has 5 nitrogen and oxygen atoms in total. The first-order chi connectivity index (χ1) is 9.43. The second-order valence-electron chi connectivity index (χ2n) is 4.02. The molecule has 1 unspecified atom stereocenters. The lowest BCUT2D eigenvalue weighted by atomic mass is 10.1. The highest BCUT2D eigenvalue weighted by atomic mass is 32.2. The van der Waals surface area contributed by atoms with Crippen LogP contribution in [-0.2, 0) is 15.3 Å². The van der Waals surface area contributed by atoms with Crippen LogP contribution in [0.4, 0.5) is 4.39 Å². The first-order valence-corrected chi connectivity index (χ1v) is 6.85. The molecule has 0 heterocycles. The van der Waals surface area contributed by atoms with Gasteiger partial charge in [0.1, 0.15) is 11.9 Å². The summed E-state index contributed by atoms with van der Waals surface area (Å²) in [5.74, 6) is -1.58. The largest absolute Gasteiger partial charge is 0.480 e. The van der Waals surface area contributed by atoms with Crippen LogP contribution in [0.3, 0.4) is 0 Å². The number of rotatable bonds is 6. The van der Waals surface area contributed by atoms with Crippen molar-refractivity contribution in [2.45, 2.75) is 18.7 Å². The van der Waals surface area contributed by atoms with E-state index in [0.29, 0.717) is 16.9 Å². The molecule has 106 valence electrons. The molecule has 0 spiro atoms. The maximum atomic E-state index is 13.1. The highest BCUT2D eigenvalue weighted by Crippen LogP contribution is 2.18. The lowest BCUT2D eigenvalue weighted by molar-refractivity contribution is -0.140. The Morgan fingerprint density at radius 1 is 1.55 bits per heavy atom. The van der Waals surface area contributed by atoms with Gasteiger partial charge in [-0.1, -0.05) is 0 Å². The van der Waals surface area contributed by atoms with Gasteiger partial charge in [-0.3, -0.25) is 4.79 Å². The number of nitriles is 1. The average molecular weight is 296 g/mol. The molecule has 0 fully saturated rings. The van der Waals surface area contributed by atoms with Crippen molar-refractivity contribution in [3.8, 4) is 6.07 Å². The maximum Gasteiger partial charge on any atom is 0.327 e. The summed E-state index contributed by atoms with van der Waals surface area (Å²) in [5.41, 5.74) is 0.856. The molecular weight excluding hydrogens is 283 g/mol. The standard InChI is InChI=1S/C13H13FN2O3S/c1-8(17)16-12(13(18)19)7-20-6-10-4-11(14)3-2-9(10)5-15/h2-4,12H,6-7H2,1H3,(H,16,17)(H,18,19). The van der Waals surface area contributed by atoms with E-state index in [4.69, 9.17) is 10.4 Å². The highest BCUT2D eigenvalue weighted by Gasteiger charge is 2.18. The quantitative estimate of drug-likeness (QED) is 0.830. The molecule has 2 N–H and O–H groups in total. The van der Waals surface area contributed by atoms with Gasteiger partial charge in [0.2, 0.25) is 5.91 Å². The number of nitrogens with one attached hydrogen (secondary N) is 1. The zero-order chi connectivity index (χ0) is 15.1. The fourth-order valence-electron chi connectivity index (χ4n) is 1.50. The molecule has 1 amide bonds. The van der Waals surface area contributed by atoms with E-state index < -0.39 is 23.7 Å². The normalized spacial score (nSPS) is 11.4. The van der Waals surface area contributed by atoms with E-state index in [2.05, 4.69) is 5.32 Å². The third-order valence-corrected chi connectivity index (χ3v) is 3.49. The third-order valence-electron chi connectivity index (χ3n) is 2.41. The van der Waals surface area contributed by atoms with E-state index in [1.165, 1.54) is 36.9 Å². The van der Waals surface area contributed by atoms with Crippen molar-refractivity contribution in [1.29, 1.82) is 5.26 Å². The molecule has 0 aliphatic rings. The number of aliphatic carboxylic acids is 1. The summed E-state index contributed by atoms with van der Waals surface area (Å²) in [4.78, 5) is 21.8. The van der Waals surface area contributed by atoms with Gasteiger partial charge in [-0.25, -0.2) is 9.18 Å². The molecular formula is C13H13FN2O3S. The summed E-state index contributed by atoms with van der Waals surface area (Å²) in [6.07, 6.45) is 0. The second-order valence-corrected chi connectivity index (χ2v) is 5.05. The van der Waals surface area contributed by atoms with Gasteiger partial charge in [0.15, 0.2) is 0 Å². The lowest BCUT2D eigenvalue weighted by Crippen LogP contribution is -2.41. The Bertz CT molecular complexity index is 557. The minimum atomic E-state index is -1.13. The van der Waals surface area contributed by atoms with Crippen LogP contribution in [0.5, 0.6) is 0 Å². The van der Waals surface area contributed by atoms with Crippen molar-refractivity contribution in [2.75, 3.05) is 5.75 Å². The number of halogens is 1. The van der Waals surface area contributed by atoms with Crippen LogP contribution in [0.15, 0.2) is 18.2 Å². The summed E-state index contributed by atoms with van der Waals surface area (Å²) >= 11 is 1.21. The molecule has 0 aliphatic carbocycles. The van der Waals surface area contributed by atoms with Gasteiger partial charge in [0, 0.05) is 18.4 Å². The number of amides is 1. The Balaban J connectivity index is 2.63. The number of carboxylic acids is 1. The molecule has 0 saturated carbocycles. The number of hydrogen-bond acceptors (Lipinski definition) is 4. The summed E-state index contributed by atoms with van der Waals surface area (Å²) in [6, 6.07) is 4.78. The lowest BCUT2D eigenvalue weighted by Gasteiger charge is -2.13. The van der Waals surface area contributed by atoms with E-state index in [9.17, 15) is 14.0 Å². The number of carbonyl (C=O) groups excluding carboxylic acids is 1. The van der Waals surface area contributed by atoms with Crippen LogP contribution < -0.4 is 5.32 Å². The molecule has 1 aromatic rings. The van der Waals surface area contributed by atoms with Gasteiger partial charge in [0.25, 0.3) is 0 Å². The Morgan fingerprint density at radius 3 is 2.80 bits per heavy atom. The number of carbonyl (C=O) groups is 2. The van der Waals surface area contributed by atoms with Gasteiger partial charge in [-0.2, -0.15) is 17.0 Å². The smallest absolute Gasteiger partial charge is 0.327 e.